The highest BCUT2D eigenvalue weighted by atomic mass is 19.1. The largest absolute Gasteiger partial charge is 0.316 e. The third-order valence-electron chi connectivity index (χ3n) is 3.70. The molecular weight excluding hydrogens is 215 g/mol. The average molecular weight is 236 g/mol. The van der Waals surface area contributed by atoms with Crippen molar-refractivity contribution in [2.45, 2.75) is 38.5 Å². The number of rotatable bonds is 5. The predicted molar refractivity (Wildman–Crippen MR) is 67.4 cm³/mol. The molecule has 1 heterocycles. The second kappa shape index (κ2) is 6.10. The Morgan fingerprint density at radius 2 is 2.35 bits per heavy atom. The maximum absolute atomic E-state index is 13.7. The van der Waals surface area contributed by atoms with Crippen molar-refractivity contribution in [1.82, 2.24) is 10.3 Å². The normalized spacial score (nSPS) is 24.1. The molecule has 0 bridgehead atoms. The second-order valence-electron chi connectivity index (χ2n) is 4.90. The number of hydrogen-bond acceptors (Lipinski definition) is 2. The number of nitrogens with zero attached hydrogens (tertiary/aromatic N) is 1. The van der Waals surface area contributed by atoms with Gasteiger partial charge in [0.15, 0.2) is 0 Å². The molecule has 94 valence electrons. The summed E-state index contributed by atoms with van der Waals surface area (Å²) in [5, 5.41) is 3.46. The minimum absolute atomic E-state index is 0.139. The van der Waals surface area contributed by atoms with Crippen molar-refractivity contribution in [3.63, 3.8) is 0 Å². The van der Waals surface area contributed by atoms with E-state index < -0.39 is 0 Å². The zero-order valence-corrected chi connectivity index (χ0v) is 10.5. The lowest BCUT2D eigenvalue weighted by atomic mass is 9.89. The van der Waals surface area contributed by atoms with Crippen LogP contribution in [0.1, 0.15) is 44.1 Å². The first kappa shape index (κ1) is 12.5. The molecule has 1 aliphatic rings. The molecule has 2 unspecified atom stereocenters. The van der Waals surface area contributed by atoms with Crippen molar-refractivity contribution < 1.29 is 4.39 Å². The molecule has 2 nitrogen and oxygen atoms in total. The summed E-state index contributed by atoms with van der Waals surface area (Å²) in [4.78, 5) is 3.83. The monoisotopic (exact) mass is 236 g/mol. The van der Waals surface area contributed by atoms with Gasteiger partial charge < -0.3 is 5.32 Å². The lowest BCUT2D eigenvalue weighted by Crippen LogP contribution is -2.25. The van der Waals surface area contributed by atoms with Crippen LogP contribution in [0.5, 0.6) is 0 Å². The SMILES string of the molecule is CCCNCC1CCCC1c1ccncc1F. The van der Waals surface area contributed by atoms with Crippen molar-refractivity contribution in [3.05, 3.63) is 29.8 Å². The molecule has 0 spiro atoms. The maximum atomic E-state index is 13.7. The minimum Gasteiger partial charge on any atom is -0.316 e. The van der Waals surface area contributed by atoms with Crippen LogP contribution in [0.25, 0.3) is 0 Å². The molecule has 2 rings (SSSR count). The smallest absolute Gasteiger partial charge is 0.144 e. The minimum atomic E-state index is -0.139. The summed E-state index contributed by atoms with van der Waals surface area (Å²) in [6.07, 6.45) is 7.73. The van der Waals surface area contributed by atoms with E-state index in [0.717, 1.165) is 31.5 Å². The summed E-state index contributed by atoms with van der Waals surface area (Å²) in [5.41, 5.74) is 0.862. The van der Waals surface area contributed by atoms with Crippen LogP contribution in [0.15, 0.2) is 18.5 Å². The zero-order valence-electron chi connectivity index (χ0n) is 10.5. The number of hydrogen-bond donors (Lipinski definition) is 1. The highest BCUT2D eigenvalue weighted by Crippen LogP contribution is 2.39. The van der Waals surface area contributed by atoms with Gasteiger partial charge in [-0.3, -0.25) is 4.98 Å². The maximum Gasteiger partial charge on any atom is 0.144 e. The van der Waals surface area contributed by atoms with E-state index in [0.29, 0.717) is 11.8 Å². The van der Waals surface area contributed by atoms with E-state index in [1.54, 1.807) is 6.20 Å². The molecule has 0 aliphatic heterocycles. The fourth-order valence-corrected chi connectivity index (χ4v) is 2.84. The average Bonchev–Trinajstić information content (AvgIpc) is 2.78. The van der Waals surface area contributed by atoms with Crippen molar-refractivity contribution >= 4 is 0 Å². The van der Waals surface area contributed by atoms with Gasteiger partial charge in [-0.15, -0.1) is 0 Å². The van der Waals surface area contributed by atoms with Gasteiger partial charge in [0, 0.05) is 6.20 Å². The number of halogens is 1. The van der Waals surface area contributed by atoms with E-state index in [1.165, 1.54) is 19.0 Å². The van der Waals surface area contributed by atoms with Gasteiger partial charge in [0.2, 0.25) is 0 Å². The first-order valence-corrected chi connectivity index (χ1v) is 6.63. The van der Waals surface area contributed by atoms with Gasteiger partial charge in [-0.25, -0.2) is 4.39 Å². The van der Waals surface area contributed by atoms with Crippen molar-refractivity contribution in [3.8, 4) is 0 Å². The number of pyridine rings is 1. The van der Waals surface area contributed by atoms with Gasteiger partial charge in [-0.1, -0.05) is 13.3 Å². The molecule has 0 aromatic carbocycles. The summed E-state index contributed by atoms with van der Waals surface area (Å²) < 4.78 is 13.7. The van der Waals surface area contributed by atoms with Crippen LogP contribution in [-0.2, 0) is 0 Å². The Hall–Kier alpha value is -0.960. The van der Waals surface area contributed by atoms with Crippen LogP contribution in [0.2, 0.25) is 0 Å². The molecule has 17 heavy (non-hydrogen) atoms. The summed E-state index contributed by atoms with van der Waals surface area (Å²) in [5.74, 6) is 0.820. The van der Waals surface area contributed by atoms with Crippen LogP contribution in [0, 0.1) is 11.7 Å². The first-order valence-electron chi connectivity index (χ1n) is 6.63. The topological polar surface area (TPSA) is 24.9 Å². The summed E-state index contributed by atoms with van der Waals surface area (Å²) >= 11 is 0. The molecule has 2 atom stereocenters. The van der Waals surface area contributed by atoms with Crippen LogP contribution in [0.3, 0.4) is 0 Å². The second-order valence-corrected chi connectivity index (χ2v) is 4.90. The van der Waals surface area contributed by atoms with E-state index >= 15 is 0 Å². The Kier molecular flexibility index (Phi) is 4.49. The molecule has 1 aromatic heterocycles. The number of nitrogens with one attached hydrogen (secondary N) is 1. The van der Waals surface area contributed by atoms with Crippen LogP contribution in [0.4, 0.5) is 4.39 Å². The highest BCUT2D eigenvalue weighted by Gasteiger charge is 2.29. The van der Waals surface area contributed by atoms with Gasteiger partial charge in [0.1, 0.15) is 5.82 Å². The molecule has 0 amide bonds. The predicted octanol–water partition coefficient (Wildman–Crippen LogP) is 3.10. The lowest BCUT2D eigenvalue weighted by Gasteiger charge is -2.20. The third kappa shape index (κ3) is 3.03. The highest BCUT2D eigenvalue weighted by molar-refractivity contribution is 5.20. The molecule has 0 radical (unpaired) electrons. The van der Waals surface area contributed by atoms with Crippen molar-refractivity contribution in [2.75, 3.05) is 13.1 Å². The Balaban J connectivity index is 2.02. The van der Waals surface area contributed by atoms with Gasteiger partial charge >= 0.3 is 0 Å². The van der Waals surface area contributed by atoms with E-state index in [2.05, 4.69) is 17.2 Å². The van der Waals surface area contributed by atoms with E-state index in [9.17, 15) is 4.39 Å². The Morgan fingerprint density at radius 3 is 3.12 bits per heavy atom. The molecule has 1 aromatic rings. The van der Waals surface area contributed by atoms with Crippen molar-refractivity contribution in [1.29, 1.82) is 0 Å². The molecule has 1 saturated carbocycles. The van der Waals surface area contributed by atoms with Gasteiger partial charge in [0.25, 0.3) is 0 Å². The lowest BCUT2D eigenvalue weighted by molar-refractivity contribution is 0.432. The fourth-order valence-electron chi connectivity index (χ4n) is 2.84. The summed E-state index contributed by atoms with van der Waals surface area (Å²) in [6, 6.07) is 1.85. The molecule has 3 heteroatoms. The summed E-state index contributed by atoms with van der Waals surface area (Å²) in [7, 11) is 0. The molecule has 1 aliphatic carbocycles. The van der Waals surface area contributed by atoms with Crippen molar-refractivity contribution in [2.24, 2.45) is 5.92 Å². The summed E-state index contributed by atoms with van der Waals surface area (Å²) in [6.45, 7) is 4.24. The Bertz CT molecular complexity index is 354. The zero-order chi connectivity index (χ0) is 12.1. The van der Waals surface area contributed by atoms with E-state index in [1.807, 2.05) is 6.07 Å². The number of aromatic nitrogens is 1. The van der Waals surface area contributed by atoms with Gasteiger partial charge in [-0.05, 0) is 55.8 Å². The third-order valence-corrected chi connectivity index (χ3v) is 3.70. The molecular formula is C14H21FN2. The fraction of sp³-hybridized carbons (Fsp3) is 0.643. The standard InChI is InChI=1S/C14H21FN2/c1-2-7-16-9-11-4-3-5-12(11)13-6-8-17-10-14(13)15/h6,8,10-12,16H,2-5,7,9H2,1H3. The Morgan fingerprint density at radius 1 is 1.47 bits per heavy atom. The van der Waals surface area contributed by atoms with Gasteiger partial charge in [-0.2, -0.15) is 0 Å². The van der Waals surface area contributed by atoms with Gasteiger partial charge in [0.05, 0.1) is 6.20 Å². The van der Waals surface area contributed by atoms with E-state index in [4.69, 9.17) is 0 Å². The molecule has 0 saturated heterocycles. The van der Waals surface area contributed by atoms with Crippen LogP contribution in [-0.4, -0.2) is 18.1 Å². The molecule has 1 fully saturated rings. The van der Waals surface area contributed by atoms with Crippen LogP contribution < -0.4 is 5.32 Å². The van der Waals surface area contributed by atoms with Crippen LogP contribution >= 0.6 is 0 Å². The molecule has 1 N–H and O–H groups in total. The Labute approximate surface area is 103 Å². The first-order chi connectivity index (χ1) is 8.33. The quantitative estimate of drug-likeness (QED) is 0.795. The van der Waals surface area contributed by atoms with E-state index in [-0.39, 0.29) is 5.82 Å².